The van der Waals surface area contributed by atoms with E-state index in [0.29, 0.717) is 18.1 Å². The van der Waals surface area contributed by atoms with Crippen molar-refractivity contribution in [1.29, 1.82) is 0 Å². The Morgan fingerprint density at radius 1 is 0.905 bits per heavy atom. The molecule has 0 N–H and O–H groups in total. The summed E-state index contributed by atoms with van der Waals surface area (Å²) in [4.78, 5) is 0. The minimum absolute atomic E-state index is 0.365. The molecule has 0 saturated heterocycles. The van der Waals surface area contributed by atoms with E-state index in [0.717, 1.165) is 24.3 Å². The predicted octanol–water partition coefficient (Wildman–Crippen LogP) is 4.30. The summed E-state index contributed by atoms with van der Waals surface area (Å²) < 4.78 is 17.2. The summed E-state index contributed by atoms with van der Waals surface area (Å²) in [5.41, 5.74) is 1.36. The van der Waals surface area contributed by atoms with Crippen LogP contribution in [-0.4, -0.2) is 26.4 Å². The largest absolute Gasteiger partial charge is 0.493 e. The molecule has 3 nitrogen and oxygen atoms in total. The van der Waals surface area contributed by atoms with Crippen molar-refractivity contribution in [3.05, 3.63) is 23.8 Å². The van der Waals surface area contributed by atoms with Crippen LogP contribution in [0.15, 0.2) is 18.2 Å². The van der Waals surface area contributed by atoms with Crippen molar-refractivity contribution in [2.24, 2.45) is 0 Å². The summed E-state index contributed by atoms with van der Waals surface area (Å²) in [6.07, 6.45) is 9.16. The van der Waals surface area contributed by atoms with Gasteiger partial charge >= 0.3 is 0 Å². The van der Waals surface area contributed by atoms with Gasteiger partial charge in [0.25, 0.3) is 0 Å². The maximum Gasteiger partial charge on any atom is 0.161 e. The SMILES string of the molecule is COc1ccc(C2CCC(OC)C2)cc1OC1CCCC1. The molecule has 0 aromatic heterocycles. The molecule has 2 fully saturated rings. The zero-order valence-corrected chi connectivity index (χ0v) is 13.1. The molecule has 3 heteroatoms. The fourth-order valence-corrected chi connectivity index (χ4v) is 3.68. The molecule has 21 heavy (non-hydrogen) atoms. The fraction of sp³-hybridized carbons (Fsp3) is 0.667. The third kappa shape index (κ3) is 3.34. The number of hydrogen-bond acceptors (Lipinski definition) is 3. The number of ether oxygens (including phenoxy) is 3. The first kappa shape index (κ1) is 14.7. The Kier molecular flexibility index (Phi) is 4.69. The molecule has 2 aliphatic rings. The van der Waals surface area contributed by atoms with Crippen LogP contribution in [0.25, 0.3) is 0 Å². The lowest BCUT2D eigenvalue weighted by Crippen LogP contribution is -2.12. The summed E-state index contributed by atoms with van der Waals surface area (Å²) in [7, 11) is 3.53. The second-order valence-corrected chi connectivity index (χ2v) is 6.30. The average molecular weight is 290 g/mol. The van der Waals surface area contributed by atoms with E-state index in [2.05, 4.69) is 18.2 Å². The lowest BCUT2D eigenvalue weighted by atomic mass is 9.97. The van der Waals surface area contributed by atoms with Gasteiger partial charge in [0.05, 0.1) is 19.3 Å². The van der Waals surface area contributed by atoms with E-state index in [4.69, 9.17) is 14.2 Å². The van der Waals surface area contributed by atoms with Gasteiger partial charge in [0.1, 0.15) is 0 Å². The van der Waals surface area contributed by atoms with Crippen molar-refractivity contribution >= 4 is 0 Å². The molecule has 2 aliphatic carbocycles. The normalized spacial score (nSPS) is 26.2. The van der Waals surface area contributed by atoms with Gasteiger partial charge in [0, 0.05) is 7.11 Å². The molecule has 2 saturated carbocycles. The summed E-state index contributed by atoms with van der Waals surface area (Å²) in [6.45, 7) is 0. The molecule has 3 rings (SSSR count). The number of rotatable bonds is 5. The molecule has 0 bridgehead atoms. The number of methoxy groups -OCH3 is 2. The molecule has 0 spiro atoms. The smallest absolute Gasteiger partial charge is 0.161 e. The van der Waals surface area contributed by atoms with E-state index >= 15 is 0 Å². The van der Waals surface area contributed by atoms with Crippen molar-refractivity contribution in [1.82, 2.24) is 0 Å². The van der Waals surface area contributed by atoms with Crippen LogP contribution in [0.4, 0.5) is 0 Å². The van der Waals surface area contributed by atoms with Gasteiger partial charge in [-0.3, -0.25) is 0 Å². The van der Waals surface area contributed by atoms with Gasteiger partial charge in [-0.05, 0) is 68.6 Å². The second kappa shape index (κ2) is 6.69. The van der Waals surface area contributed by atoms with Crippen molar-refractivity contribution in [3.8, 4) is 11.5 Å². The van der Waals surface area contributed by atoms with E-state index in [-0.39, 0.29) is 0 Å². The molecular formula is C18H26O3. The van der Waals surface area contributed by atoms with Gasteiger partial charge in [-0.1, -0.05) is 6.07 Å². The maximum atomic E-state index is 6.19. The maximum absolute atomic E-state index is 6.19. The predicted molar refractivity (Wildman–Crippen MR) is 83.3 cm³/mol. The van der Waals surface area contributed by atoms with E-state index < -0.39 is 0 Å². The Hall–Kier alpha value is -1.22. The molecule has 116 valence electrons. The average Bonchev–Trinajstić information content (AvgIpc) is 3.18. The Morgan fingerprint density at radius 3 is 2.38 bits per heavy atom. The molecule has 1 aromatic carbocycles. The third-order valence-corrected chi connectivity index (χ3v) is 4.97. The fourth-order valence-electron chi connectivity index (χ4n) is 3.68. The molecule has 0 radical (unpaired) electrons. The first-order valence-electron chi connectivity index (χ1n) is 8.17. The van der Waals surface area contributed by atoms with Crippen molar-refractivity contribution < 1.29 is 14.2 Å². The molecular weight excluding hydrogens is 264 g/mol. The van der Waals surface area contributed by atoms with Crippen LogP contribution in [0.5, 0.6) is 11.5 Å². The van der Waals surface area contributed by atoms with Gasteiger partial charge in [-0.2, -0.15) is 0 Å². The Morgan fingerprint density at radius 2 is 1.71 bits per heavy atom. The summed E-state index contributed by atoms with van der Waals surface area (Å²) in [5.74, 6) is 2.36. The highest BCUT2D eigenvalue weighted by molar-refractivity contribution is 5.44. The van der Waals surface area contributed by atoms with E-state index in [1.54, 1.807) is 7.11 Å². The second-order valence-electron chi connectivity index (χ2n) is 6.30. The highest BCUT2D eigenvalue weighted by Gasteiger charge is 2.27. The number of hydrogen-bond donors (Lipinski definition) is 0. The molecule has 1 aromatic rings. The van der Waals surface area contributed by atoms with Crippen LogP contribution in [0.2, 0.25) is 0 Å². The molecule has 2 unspecified atom stereocenters. The van der Waals surface area contributed by atoms with Crippen LogP contribution in [0.3, 0.4) is 0 Å². The minimum atomic E-state index is 0.365. The van der Waals surface area contributed by atoms with Crippen molar-refractivity contribution in [2.75, 3.05) is 14.2 Å². The zero-order chi connectivity index (χ0) is 14.7. The Balaban J connectivity index is 1.76. The zero-order valence-electron chi connectivity index (χ0n) is 13.1. The van der Waals surface area contributed by atoms with Crippen LogP contribution >= 0.6 is 0 Å². The molecule has 0 heterocycles. The van der Waals surface area contributed by atoms with Crippen LogP contribution in [-0.2, 0) is 4.74 Å². The van der Waals surface area contributed by atoms with Crippen LogP contribution in [0.1, 0.15) is 56.4 Å². The quantitative estimate of drug-likeness (QED) is 0.809. The Labute approximate surface area is 127 Å². The van der Waals surface area contributed by atoms with Gasteiger partial charge in [0.2, 0.25) is 0 Å². The molecule has 0 amide bonds. The lowest BCUT2D eigenvalue weighted by molar-refractivity contribution is 0.108. The lowest BCUT2D eigenvalue weighted by Gasteiger charge is -2.18. The van der Waals surface area contributed by atoms with Gasteiger partial charge in [-0.15, -0.1) is 0 Å². The monoisotopic (exact) mass is 290 g/mol. The first-order chi connectivity index (χ1) is 10.3. The van der Waals surface area contributed by atoms with Gasteiger partial charge in [0.15, 0.2) is 11.5 Å². The van der Waals surface area contributed by atoms with Crippen LogP contribution < -0.4 is 9.47 Å². The van der Waals surface area contributed by atoms with Crippen molar-refractivity contribution in [2.45, 2.75) is 63.1 Å². The number of benzene rings is 1. The van der Waals surface area contributed by atoms with Gasteiger partial charge < -0.3 is 14.2 Å². The highest BCUT2D eigenvalue weighted by atomic mass is 16.5. The van der Waals surface area contributed by atoms with E-state index in [1.807, 2.05) is 7.11 Å². The van der Waals surface area contributed by atoms with E-state index in [9.17, 15) is 0 Å². The topological polar surface area (TPSA) is 27.7 Å². The van der Waals surface area contributed by atoms with Crippen molar-refractivity contribution in [3.63, 3.8) is 0 Å². The first-order valence-corrected chi connectivity index (χ1v) is 8.17. The summed E-state index contributed by atoms with van der Waals surface area (Å²) in [6, 6.07) is 6.43. The van der Waals surface area contributed by atoms with E-state index in [1.165, 1.54) is 37.7 Å². The highest BCUT2D eigenvalue weighted by Crippen LogP contribution is 2.40. The van der Waals surface area contributed by atoms with Gasteiger partial charge in [-0.25, -0.2) is 0 Å². The molecule has 0 aliphatic heterocycles. The third-order valence-electron chi connectivity index (χ3n) is 4.97. The minimum Gasteiger partial charge on any atom is -0.493 e. The standard InChI is InChI=1S/C18H26O3/c1-19-16-9-7-13(11-16)14-8-10-17(20-2)18(12-14)21-15-5-3-4-6-15/h8,10,12-13,15-16H,3-7,9,11H2,1-2H3. The summed E-state index contributed by atoms with van der Waals surface area (Å²) >= 11 is 0. The Bertz CT molecular complexity index is 466. The van der Waals surface area contributed by atoms with Crippen LogP contribution in [0, 0.1) is 0 Å². The summed E-state index contributed by atoms with van der Waals surface area (Å²) in [5, 5.41) is 0. The molecule has 2 atom stereocenters.